The number of benzene rings is 2. The topological polar surface area (TPSA) is 122 Å². The fourth-order valence-corrected chi connectivity index (χ4v) is 3.63. The van der Waals surface area contributed by atoms with Crippen molar-refractivity contribution < 1.29 is 33.8 Å². The Labute approximate surface area is 188 Å². The van der Waals surface area contributed by atoms with Crippen molar-refractivity contribution in [1.82, 2.24) is 4.90 Å². The van der Waals surface area contributed by atoms with E-state index in [-0.39, 0.29) is 16.4 Å². The van der Waals surface area contributed by atoms with Crippen LogP contribution in [0.4, 0.5) is 10.5 Å². The van der Waals surface area contributed by atoms with E-state index in [1.807, 2.05) is 0 Å². The molecular weight excluding hydrogens is 436 g/mol. The largest absolute Gasteiger partial charge is 0.493 e. The molecule has 0 aromatic heterocycles. The molecule has 0 aliphatic carbocycles. The van der Waals surface area contributed by atoms with E-state index in [9.17, 15) is 19.2 Å². The highest BCUT2D eigenvalue weighted by atomic mass is 32.2. The standard InChI is InChI=1S/C22H20N2O7S/c1-13(21(27)28)31-19-14(7-6-10-16(19)30-2)11-17-20(26)24(22(29)32-17)12-18(25)23-15-8-4-3-5-9-15/h3-11,13H,12H2,1-2H3,(H,23,25)(H,27,28)/b17-11-/t13-/m1/s1. The quantitative estimate of drug-likeness (QED) is 0.581. The van der Waals surface area contributed by atoms with Crippen LogP contribution in [0.25, 0.3) is 6.08 Å². The van der Waals surface area contributed by atoms with Crippen molar-refractivity contribution in [3.05, 3.63) is 59.0 Å². The maximum Gasteiger partial charge on any atom is 0.344 e. The van der Waals surface area contributed by atoms with Crippen molar-refractivity contribution in [2.24, 2.45) is 0 Å². The number of carboxylic acids is 1. The van der Waals surface area contributed by atoms with Gasteiger partial charge in [0, 0.05) is 11.3 Å². The minimum atomic E-state index is -1.17. The summed E-state index contributed by atoms with van der Waals surface area (Å²) in [7, 11) is 1.40. The fourth-order valence-electron chi connectivity index (χ4n) is 2.80. The number of ether oxygens (including phenoxy) is 2. The monoisotopic (exact) mass is 456 g/mol. The summed E-state index contributed by atoms with van der Waals surface area (Å²) in [5, 5.41) is 11.2. The second-order valence-electron chi connectivity index (χ2n) is 6.66. The Hall–Kier alpha value is -3.79. The number of rotatable bonds is 8. The predicted octanol–water partition coefficient (Wildman–Crippen LogP) is 3.22. The van der Waals surface area contributed by atoms with Gasteiger partial charge in [-0.25, -0.2) is 4.79 Å². The van der Waals surface area contributed by atoms with Crippen LogP contribution in [0.5, 0.6) is 11.5 Å². The van der Waals surface area contributed by atoms with Gasteiger partial charge in [-0.3, -0.25) is 19.3 Å². The molecule has 2 aromatic carbocycles. The number of amides is 3. The molecule has 3 amide bonds. The molecule has 1 atom stereocenters. The third-order valence-electron chi connectivity index (χ3n) is 4.39. The number of anilines is 1. The minimum absolute atomic E-state index is 0.0728. The Balaban J connectivity index is 1.81. The number of nitrogens with zero attached hydrogens (tertiary/aromatic N) is 1. The molecule has 0 unspecified atom stereocenters. The molecule has 0 saturated carbocycles. The number of thioether (sulfide) groups is 1. The highest BCUT2D eigenvalue weighted by Crippen LogP contribution is 2.37. The molecule has 166 valence electrons. The third kappa shape index (κ3) is 5.27. The number of hydrogen-bond acceptors (Lipinski definition) is 7. The molecule has 10 heteroatoms. The SMILES string of the molecule is COc1cccc(/C=C2\SC(=O)N(CC(=O)Nc3ccccc3)C2=O)c1O[C@H](C)C(=O)O. The number of hydrogen-bond donors (Lipinski definition) is 2. The van der Waals surface area contributed by atoms with Gasteiger partial charge < -0.3 is 19.9 Å². The average Bonchev–Trinajstić information content (AvgIpc) is 3.02. The Morgan fingerprint density at radius 2 is 1.88 bits per heavy atom. The van der Waals surface area contributed by atoms with E-state index >= 15 is 0 Å². The number of carbonyl (C=O) groups excluding carboxylic acids is 3. The first-order chi connectivity index (χ1) is 15.3. The van der Waals surface area contributed by atoms with Gasteiger partial charge in [-0.05, 0) is 43.0 Å². The number of methoxy groups -OCH3 is 1. The summed E-state index contributed by atoms with van der Waals surface area (Å²) in [5.74, 6) is -1.93. The van der Waals surface area contributed by atoms with Gasteiger partial charge in [-0.1, -0.05) is 30.3 Å². The lowest BCUT2D eigenvalue weighted by Crippen LogP contribution is -2.36. The van der Waals surface area contributed by atoms with Crippen LogP contribution in [-0.2, 0) is 14.4 Å². The molecule has 1 aliphatic heterocycles. The van der Waals surface area contributed by atoms with Gasteiger partial charge in [0.05, 0.1) is 12.0 Å². The van der Waals surface area contributed by atoms with E-state index in [1.165, 1.54) is 20.1 Å². The molecule has 0 bridgehead atoms. The van der Waals surface area contributed by atoms with Crippen molar-refractivity contribution in [3.8, 4) is 11.5 Å². The van der Waals surface area contributed by atoms with Crippen molar-refractivity contribution in [3.63, 3.8) is 0 Å². The minimum Gasteiger partial charge on any atom is -0.493 e. The molecule has 1 aliphatic rings. The molecular formula is C22H20N2O7S. The lowest BCUT2D eigenvalue weighted by molar-refractivity contribution is -0.144. The smallest absolute Gasteiger partial charge is 0.344 e. The van der Waals surface area contributed by atoms with E-state index in [0.717, 1.165) is 4.90 Å². The molecule has 3 rings (SSSR count). The normalized spacial score (nSPS) is 15.6. The number of carboxylic acid groups (broad SMARTS) is 1. The van der Waals surface area contributed by atoms with Gasteiger partial charge >= 0.3 is 5.97 Å². The average molecular weight is 456 g/mol. The molecule has 2 aromatic rings. The first-order valence-corrected chi connectivity index (χ1v) is 10.3. The fraction of sp³-hybridized carbons (Fsp3) is 0.182. The van der Waals surface area contributed by atoms with E-state index in [2.05, 4.69) is 5.32 Å². The highest BCUT2D eigenvalue weighted by Gasteiger charge is 2.36. The van der Waals surface area contributed by atoms with Crippen LogP contribution in [-0.4, -0.2) is 52.8 Å². The van der Waals surface area contributed by atoms with Crippen molar-refractivity contribution >= 4 is 46.5 Å². The molecule has 0 radical (unpaired) electrons. The van der Waals surface area contributed by atoms with Crippen LogP contribution in [0, 0.1) is 0 Å². The lowest BCUT2D eigenvalue weighted by Gasteiger charge is -2.16. The zero-order chi connectivity index (χ0) is 23.3. The molecule has 0 spiro atoms. The highest BCUT2D eigenvalue weighted by molar-refractivity contribution is 8.18. The van der Waals surface area contributed by atoms with Gasteiger partial charge in [-0.2, -0.15) is 0 Å². The zero-order valence-corrected chi connectivity index (χ0v) is 18.0. The summed E-state index contributed by atoms with van der Waals surface area (Å²) in [6.45, 7) is 0.923. The van der Waals surface area contributed by atoms with Crippen LogP contribution >= 0.6 is 11.8 Å². The zero-order valence-electron chi connectivity index (χ0n) is 17.2. The third-order valence-corrected chi connectivity index (χ3v) is 5.30. The van der Waals surface area contributed by atoms with E-state index in [4.69, 9.17) is 14.6 Å². The Morgan fingerprint density at radius 3 is 2.53 bits per heavy atom. The second-order valence-corrected chi connectivity index (χ2v) is 7.65. The van der Waals surface area contributed by atoms with E-state index in [1.54, 1.807) is 48.5 Å². The summed E-state index contributed by atoms with van der Waals surface area (Å²) in [6, 6.07) is 13.5. The lowest BCUT2D eigenvalue weighted by atomic mass is 10.1. The van der Waals surface area contributed by atoms with E-state index < -0.39 is 35.7 Å². The predicted molar refractivity (Wildman–Crippen MR) is 118 cm³/mol. The molecule has 1 fully saturated rings. The number of nitrogens with one attached hydrogen (secondary N) is 1. The summed E-state index contributed by atoms with van der Waals surface area (Å²) in [4.78, 5) is 49.5. The summed E-state index contributed by atoms with van der Waals surface area (Å²) in [6.07, 6.45) is 0.238. The van der Waals surface area contributed by atoms with Gasteiger partial charge in [0.25, 0.3) is 11.1 Å². The number of carbonyl (C=O) groups is 4. The Kier molecular flexibility index (Phi) is 7.16. The molecule has 2 N–H and O–H groups in total. The molecule has 1 heterocycles. The van der Waals surface area contributed by atoms with Crippen molar-refractivity contribution in [1.29, 1.82) is 0 Å². The second kappa shape index (κ2) is 10.0. The van der Waals surface area contributed by atoms with Crippen LogP contribution in [0.3, 0.4) is 0 Å². The number of aliphatic carboxylic acids is 1. The number of para-hydroxylation sites is 2. The van der Waals surface area contributed by atoms with Crippen LogP contribution in [0.2, 0.25) is 0 Å². The molecule has 32 heavy (non-hydrogen) atoms. The van der Waals surface area contributed by atoms with Crippen LogP contribution < -0.4 is 14.8 Å². The van der Waals surface area contributed by atoms with Crippen molar-refractivity contribution in [2.75, 3.05) is 19.0 Å². The summed E-state index contributed by atoms with van der Waals surface area (Å²) >= 11 is 0.678. The molecule has 9 nitrogen and oxygen atoms in total. The first kappa shape index (κ1) is 22.9. The van der Waals surface area contributed by atoms with Crippen molar-refractivity contribution in [2.45, 2.75) is 13.0 Å². The van der Waals surface area contributed by atoms with Crippen LogP contribution in [0.15, 0.2) is 53.4 Å². The summed E-state index contributed by atoms with van der Waals surface area (Å²) in [5.41, 5.74) is 0.905. The maximum atomic E-state index is 12.8. The van der Waals surface area contributed by atoms with E-state index in [0.29, 0.717) is 23.0 Å². The van der Waals surface area contributed by atoms with Gasteiger partial charge in [0.2, 0.25) is 5.91 Å². The van der Waals surface area contributed by atoms with Gasteiger partial charge in [0.1, 0.15) is 6.54 Å². The summed E-state index contributed by atoms with van der Waals surface area (Å²) < 4.78 is 10.7. The van der Waals surface area contributed by atoms with Gasteiger partial charge in [0.15, 0.2) is 17.6 Å². The Morgan fingerprint density at radius 1 is 1.16 bits per heavy atom. The maximum absolute atomic E-state index is 12.8. The van der Waals surface area contributed by atoms with Gasteiger partial charge in [-0.15, -0.1) is 0 Å². The first-order valence-electron chi connectivity index (χ1n) is 9.47. The number of imide groups is 1. The molecule has 1 saturated heterocycles. The van der Waals surface area contributed by atoms with Crippen LogP contribution in [0.1, 0.15) is 12.5 Å². The Bertz CT molecular complexity index is 1080.